The van der Waals surface area contributed by atoms with Crippen molar-refractivity contribution >= 4 is 11.9 Å². The smallest absolute Gasteiger partial charge is 0.306 e. The van der Waals surface area contributed by atoms with E-state index in [4.69, 9.17) is 9.47 Å². The SMILES string of the molecule is CCCCCCCCCOC(=O)CCCCCCCN(CCO)CCCCCC(C)(C)CC(=O)OC(CCCCCCCC)CCCCCCCC. The zero-order valence-electron chi connectivity index (χ0n) is 35.8. The number of carbonyl (C=O) groups excluding carboxylic acids is 2. The van der Waals surface area contributed by atoms with Gasteiger partial charge in [-0.25, -0.2) is 0 Å². The summed E-state index contributed by atoms with van der Waals surface area (Å²) in [7, 11) is 0. The van der Waals surface area contributed by atoms with Gasteiger partial charge in [-0.05, 0) is 76.3 Å². The summed E-state index contributed by atoms with van der Waals surface area (Å²) in [6, 6.07) is 0. The lowest BCUT2D eigenvalue weighted by molar-refractivity contribution is -0.152. The van der Waals surface area contributed by atoms with Crippen molar-refractivity contribution < 1.29 is 24.2 Å². The van der Waals surface area contributed by atoms with E-state index < -0.39 is 0 Å². The monoisotopic (exact) mass is 738 g/mol. The van der Waals surface area contributed by atoms with E-state index in [-0.39, 0.29) is 30.1 Å². The zero-order valence-corrected chi connectivity index (χ0v) is 35.8. The van der Waals surface area contributed by atoms with Gasteiger partial charge in [0.15, 0.2) is 0 Å². The highest BCUT2D eigenvalue weighted by Crippen LogP contribution is 2.29. The van der Waals surface area contributed by atoms with Crippen LogP contribution in [0.3, 0.4) is 0 Å². The number of unbranched alkanes of at least 4 members (excludes halogenated alkanes) is 22. The molecule has 0 aliphatic carbocycles. The Morgan fingerprint density at radius 2 is 0.981 bits per heavy atom. The molecule has 0 heterocycles. The minimum absolute atomic E-state index is 0.000165. The summed E-state index contributed by atoms with van der Waals surface area (Å²) in [5.74, 6) is -0.0329. The summed E-state index contributed by atoms with van der Waals surface area (Å²) in [6.07, 6.45) is 37.0. The largest absolute Gasteiger partial charge is 0.466 e. The van der Waals surface area contributed by atoms with Crippen LogP contribution in [0.1, 0.15) is 240 Å². The molecule has 0 aliphatic heterocycles. The first-order valence-corrected chi connectivity index (χ1v) is 23.0. The van der Waals surface area contributed by atoms with Crippen molar-refractivity contribution in [3.05, 3.63) is 0 Å². The summed E-state index contributed by atoms with van der Waals surface area (Å²) in [4.78, 5) is 27.5. The van der Waals surface area contributed by atoms with Crippen LogP contribution in [0.5, 0.6) is 0 Å². The van der Waals surface area contributed by atoms with Gasteiger partial charge in [0.1, 0.15) is 6.10 Å². The number of rotatable bonds is 41. The molecule has 0 aromatic carbocycles. The van der Waals surface area contributed by atoms with E-state index in [1.165, 1.54) is 116 Å². The molecule has 0 spiro atoms. The second-order valence-electron chi connectivity index (χ2n) is 16.8. The Hall–Kier alpha value is -1.14. The van der Waals surface area contributed by atoms with Crippen LogP contribution >= 0.6 is 0 Å². The summed E-state index contributed by atoms with van der Waals surface area (Å²) >= 11 is 0. The van der Waals surface area contributed by atoms with E-state index >= 15 is 0 Å². The number of carbonyl (C=O) groups is 2. The average Bonchev–Trinajstić information content (AvgIpc) is 3.11. The molecular formula is C46H91NO5. The van der Waals surface area contributed by atoms with E-state index in [1.54, 1.807) is 0 Å². The Morgan fingerprint density at radius 3 is 1.50 bits per heavy atom. The van der Waals surface area contributed by atoms with Gasteiger partial charge in [-0.3, -0.25) is 9.59 Å². The maximum atomic E-state index is 13.1. The number of ether oxygens (including phenoxy) is 2. The number of esters is 2. The number of aliphatic hydroxyl groups is 1. The summed E-state index contributed by atoms with van der Waals surface area (Å²) < 4.78 is 11.6. The topological polar surface area (TPSA) is 76.1 Å². The van der Waals surface area contributed by atoms with E-state index in [2.05, 4.69) is 39.5 Å². The fourth-order valence-electron chi connectivity index (χ4n) is 7.32. The lowest BCUT2D eigenvalue weighted by Crippen LogP contribution is -2.29. The molecule has 52 heavy (non-hydrogen) atoms. The molecule has 0 aromatic rings. The average molecular weight is 738 g/mol. The van der Waals surface area contributed by atoms with Gasteiger partial charge in [0.25, 0.3) is 0 Å². The fraction of sp³-hybridized carbons (Fsp3) is 0.957. The number of nitrogens with zero attached hydrogens (tertiary/aromatic N) is 1. The van der Waals surface area contributed by atoms with Gasteiger partial charge in [-0.1, -0.05) is 169 Å². The van der Waals surface area contributed by atoms with Crippen molar-refractivity contribution in [3.63, 3.8) is 0 Å². The molecule has 0 aliphatic rings. The minimum atomic E-state index is -0.0446. The van der Waals surface area contributed by atoms with Gasteiger partial charge in [0.05, 0.1) is 19.6 Å². The van der Waals surface area contributed by atoms with Crippen LogP contribution in [0.2, 0.25) is 0 Å². The van der Waals surface area contributed by atoms with Gasteiger partial charge in [0, 0.05) is 13.0 Å². The van der Waals surface area contributed by atoms with Crippen molar-refractivity contribution in [3.8, 4) is 0 Å². The number of aliphatic hydroxyl groups excluding tert-OH is 1. The molecule has 0 bridgehead atoms. The number of hydrogen-bond donors (Lipinski definition) is 1. The maximum Gasteiger partial charge on any atom is 0.306 e. The van der Waals surface area contributed by atoms with E-state index in [0.29, 0.717) is 19.4 Å². The summed E-state index contributed by atoms with van der Waals surface area (Å²) in [5.41, 5.74) is -0.0446. The van der Waals surface area contributed by atoms with Crippen LogP contribution in [0.25, 0.3) is 0 Å². The molecule has 0 unspecified atom stereocenters. The Balaban J connectivity index is 4.18. The molecule has 310 valence electrons. The highest BCUT2D eigenvalue weighted by molar-refractivity contribution is 5.70. The fourth-order valence-corrected chi connectivity index (χ4v) is 7.32. The molecule has 0 saturated carbocycles. The Morgan fingerprint density at radius 1 is 0.538 bits per heavy atom. The van der Waals surface area contributed by atoms with E-state index in [9.17, 15) is 14.7 Å². The Kier molecular flexibility index (Phi) is 37.3. The van der Waals surface area contributed by atoms with Gasteiger partial charge in [0.2, 0.25) is 0 Å². The van der Waals surface area contributed by atoms with Crippen LogP contribution in [-0.2, 0) is 19.1 Å². The third kappa shape index (κ3) is 35.9. The molecule has 0 radical (unpaired) electrons. The van der Waals surface area contributed by atoms with E-state index in [0.717, 1.165) is 96.7 Å². The maximum absolute atomic E-state index is 13.1. The van der Waals surface area contributed by atoms with Crippen LogP contribution in [-0.4, -0.2) is 60.9 Å². The molecule has 0 aromatic heterocycles. The van der Waals surface area contributed by atoms with Crippen molar-refractivity contribution in [2.75, 3.05) is 32.8 Å². The molecule has 0 atom stereocenters. The third-order valence-corrected chi connectivity index (χ3v) is 10.8. The highest BCUT2D eigenvalue weighted by atomic mass is 16.5. The molecule has 0 fully saturated rings. The molecule has 6 nitrogen and oxygen atoms in total. The highest BCUT2D eigenvalue weighted by Gasteiger charge is 2.24. The van der Waals surface area contributed by atoms with Crippen molar-refractivity contribution in [1.82, 2.24) is 4.90 Å². The standard InChI is InChI=1S/C46H91NO5/c1-6-9-12-15-18-24-32-41-51-44(49)35-28-22-19-23-30-37-47(39-40-48)38-31-25-29-36-46(4,5)42-45(50)52-43(33-26-20-16-13-10-7-2)34-27-21-17-14-11-8-3/h43,48H,6-42H2,1-5H3. The lowest BCUT2D eigenvalue weighted by atomic mass is 9.83. The summed E-state index contributed by atoms with van der Waals surface area (Å²) in [6.45, 7) is 14.8. The number of hydrogen-bond acceptors (Lipinski definition) is 6. The second kappa shape index (κ2) is 38.1. The third-order valence-electron chi connectivity index (χ3n) is 10.8. The first-order valence-electron chi connectivity index (χ1n) is 23.0. The van der Waals surface area contributed by atoms with Gasteiger partial charge in [-0.2, -0.15) is 0 Å². The molecular weight excluding hydrogens is 647 g/mol. The molecule has 6 heteroatoms. The molecule has 0 rings (SSSR count). The molecule has 1 N–H and O–H groups in total. The van der Waals surface area contributed by atoms with Crippen LogP contribution in [0.4, 0.5) is 0 Å². The van der Waals surface area contributed by atoms with Crippen molar-refractivity contribution in [1.29, 1.82) is 0 Å². The Labute approximate surface area is 324 Å². The zero-order chi connectivity index (χ0) is 38.4. The predicted octanol–water partition coefficient (Wildman–Crippen LogP) is 13.3. The van der Waals surface area contributed by atoms with Crippen LogP contribution in [0.15, 0.2) is 0 Å². The molecule has 0 saturated heterocycles. The lowest BCUT2D eigenvalue weighted by Gasteiger charge is -2.26. The first-order chi connectivity index (χ1) is 25.3. The minimum Gasteiger partial charge on any atom is -0.466 e. The van der Waals surface area contributed by atoms with E-state index in [1.807, 2.05) is 0 Å². The predicted molar refractivity (Wildman–Crippen MR) is 223 cm³/mol. The van der Waals surface area contributed by atoms with Crippen molar-refractivity contribution in [2.24, 2.45) is 5.41 Å². The second-order valence-corrected chi connectivity index (χ2v) is 16.8. The van der Waals surface area contributed by atoms with Crippen LogP contribution in [0, 0.1) is 5.41 Å². The Bertz CT molecular complexity index is 756. The van der Waals surface area contributed by atoms with Gasteiger partial charge < -0.3 is 19.5 Å². The van der Waals surface area contributed by atoms with Crippen LogP contribution < -0.4 is 0 Å². The van der Waals surface area contributed by atoms with Gasteiger partial charge in [-0.15, -0.1) is 0 Å². The quantitative estimate of drug-likeness (QED) is 0.0497. The summed E-state index contributed by atoms with van der Waals surface area (Å²) in [5, 5.41) is 9.61. The van der Waals surface area contributed by atoms with Crippen molar-refractivity contribution in [2.45, 2.75) is 246 Å². The normalized spacial score (nSPS) is 11.9. The molecule has 0 amide bonds. The first kappa shape index (κ1) is 50.9. The van der Waals surface area contributed by atoms with Gasteiger partial charge >= 0.3 is 11.9 Å².